The highest BCUT2D eigenvalue weighted by Gasteiger charge is 2.40. The lowest BCUT2D eigenvalue weighted by molar-refractivity contribution is -0.137. The Morgan fingerprint density at radius 3 is 0.932 bits per heavy atom. The van der Waals surface area contributed by atoms with Gasteiger partial charge in [-0.15, -0.1) is 0 Å². The minimum atomic E-state index is -1.47. The van der Waals surface area contributed by atoms with Crippen molar-refractivity contribution < 1.29 is 81.8 Å². The summed E-state index contributed by atoms with van der Waals surface area (Å²) in [4.78, 5) is 237. The fraction of sp³-hybridized carbons (Fsp3) is 0.526. The Balaban J connectivity index is 1.09. The molecule has 7 rings (SSSR count). The van der Waals surface area contributed by atoms with Crippen molar-refractivity contribution in [3.05, 3.63) is 144 Å². The maximum Gasteiger partial charge on any atom is 0.243 e. The van der Waals surface area contributed by atoms with E-state index in [-0.39, 0.29) is 94.1 Å². The Morgan fingerprint density at radius 1 is 0.293 bits per heavy atom. The Bertz CT molecular complexity index is 5130. The zero-order chi connectivity index (χ0) is 98.2. The van der Waals surface area contributed by atoms with Crippen LogP contribution in [0.15, 0.2) is 122 Å². The van der Waals surface area contributed by atoms with Gasteiger partial charge in [0.1, 0.15) is 84.6 Å². The third-order valence-corrected chi connectivity index (χ3v) is 22.8. The smallest absolute Gasteiger partial charge is 0.243 e. The molecule has 3 heterocycles. The van der Waals surface area contributed by atoms with Gasteiger partial charge in [-0.1, -0.05) is 196 Å². The summed E-state index contributed by atoms with van der Waals surface area (Å²) in [6.07, 6.45) is 5.38. The quantitative estimate of drug-likeness (QED) is 0.0240. The predicted molar refractivity (Wildman–Crippen MR) is 506 cm³/mol. The number of rotatable bonds is 53. The molecule has 133 heavy (non-hydrogen) atoms. The molecule has 7 aromatic rings. The van der Waals surface area contributed by atoms with E-state index in [1.165, 1.54) is 13.8 Å². The van der Waals surface area contributed by atoms with E-state index in [9.17, 15) is 53.1 Å². The number of hydrogen-bond acceptors (Lipinski definition) is 17. The summed E-state index contributed by atoms with van der Waals surface area (Å²) in [5.41, 5.74) is 4.79. The summed E-state index contributed by atoms with van der Waals surface area (Å²) >= 11 is 0. The lowest BCUT2D eigenvalue weighted by Gasteiger charge is -2.31. The van der Waals surface area contributed by atoms with Gasteiger partial charge in [-0.3, -0.25) is 76.7 Å². The molecular weight excluding hydrogens is 1700 g/mol. The van der Waals surface area contributed by atoms with Gasteiger partial charge >= 0.3 is 0 Å². The van der Waals surface area contributed by atoms with Gasteiger partial charge in [-0.05, 0) is 127 Å². The second-order valence-electron chi connectivity index (χ2n) is 37.3. The molecule has 0 saturated heterocycles. The summed E-state index contributed by atoms with van der Waals surface area (Å²) in [6, 6.07) is 12.8. The molecule has 0 aliphatic heterocycles. The Hall–Kier alpha value is -13.0. The topological polar surface area (TPSA) is 533 Å². The molecule has 4 aromatic carbocycles. The number of aromatic amines is 3. The van der Waals surface area contributed by atoms with Gasteiger partial charge in [0.25, 0.3) is 0 Å². The van der Waals surface area contributed by atoms with E-state index in [4.69, 9.17) is 0 Å². The van der Waals surface area contributed by atoms with Gasteiger partial charge < -0.3 is 105 Å². The number of aliphatic hydroxyl groups is 1. The lowest BCUT2D eigenvalue weighted by Crippen LogP contribution is -2.62. The first-order chi connectivity index (χ1) is 63.0. The molecule has 0 aliphatic rings. The Kier molecular flexibility index (Phi) is 41.6. The van der Waals surface area contributed by atoms with Crippen LogP contribution in [0, 0.1) is 47.3 Å². The number of hydrogen-bond donors (Lipinski definition) is 20. The summed E-state index contributed by atoms with van der Waals surface area (Å²) in [5, 5.41) is 55.6. The van der Waals surface area contributed by atoms with Crippen LogP contribution in [0.4, 0.5) is 0 Å². The van der Waals surface area contributed by atoms with Crippen molar-refractivity contribution in [3.8, 4) is 0 Å². The van der Waals surface area contributed by atoms with Crippen LogP contribution in [0.25, 0.3) is 32.7 Å². The van der Waals surface area contributed by atoms with Gasteiger partial charge in [0.2, 0.25) is 95.0 Å². The molecule has 0 saturated carbocycles. The van der Waals surface area contributed by atoms with Gasteiger partial charge in [-0.2, -0.15) is 0 Å². The minimum Gasteiger partial charge on any atom is -0.395 e. The maximum atomic E-state index is 15.5. The molecule has 14 atom stereocenters. The van der Waals surface area contributed by atoms with Gasteiger partial charge in [-0.25, -0.2) is 0 Å². The molecule has 724 valence electrons. The zero-order valence-electron chi connectivity index (χ0n) is 79.6. The Morgan fingerprint density at radius 2 is 0.579 bits per heavy atom. The molecule has 0 radical (unpaired) electrons. The third kappa shape index (κ3) is 32.7. The first-order valence-corrected chi connectivity index (χ1v) is 46.0. The molecule has 0 fully saturated rings. The first-order valence-electron chi connectivity index (χ1n) is 46.0. The number of carbonyl (C=O) groups is 16. The predicted octanol–water partition coefficient (Wildman–Crippen LogP) is 3.89. The highest BCUT2D eigenvalue weighted by molar-refractivity contribution is 6.02. The number of amides is 16. The van der Waals surface area contributed by atoms with Crippen LogP contribution in [0.2, 0.25) is 0 Å². The summed E-state index contributed by atoms with van der Waals surface area (Å²) in [5.74, 6) is -14.5. The third-order valence-electron chi connectivity index (χ3n) is 22.8. The van der Waals surface area contributed by atoms with Crippen LogP contribution in [0.1, 0.15) is 173 Å². The van der Waals surface area contributed by atoms with E-state index < -0.39 is 197 Å². The number of aliphatic hydroxyl groups excluding tert-OH is 1. The SMILES string of the molecule is CC(C)C[C@@H](NC(=O)[C@H](C)NC(=O)CNC(=O)[C@@H](NC=O)C(C)C)C(=O)N[C@@H](C)C(=O)N[C@@H](C(=O)N[C@H](C(=O)N[C@@H](C(=O)N[C@@H](Cc1c[nH]c2ccccc12)C(=O)N[C@H](CC(C)C)C(=O)N[C@@H](Cc1c[nH]c2ccccc12)C(=O)N[C@H](CC(C)C)C(=O)N[C@@H](Cc1ccccc1)C(=O)N[C@H](CC(C)C)C(=O)N[C@@H](Cc1c[nH]c2ccccc12)C(=O)NCCO)C(C)C)C(C)C)C(C)C. The number of fused-ring (bicyclic) bond motifs is 3. The number of carbonyl (C=O) groups excluding carboxylic acids is 16. The monoisotopic (exact) mass is 1840 g/mol. The number of para-hydroxylation sites is 3. The normalized spacial score (nSPS) is 14.8. The highest BCUT2D eigenvalue weighted by atomic mass is 16.3. The molecule has 0 aliphatic carbocycles. The van der Waals surface area contributed by atoms with E-state index >= 15 is 28.8 Å². The number of aromatic nitrogens is 3. The molecule has 36 nitrogen and oxygen atoms in total. The van der Waals surface area contributed by atoms with Crippen LogP contribution in [-0.2, 0) is 102 Å². The standard InChI is InChI=1S/C97H139N19O17/c1-51(2)38-71(106-84(120)59(17)104-79(119)49-102-94(130)80(55(9)10)103-50-118)87(123)105-60(18)85(121)114-82(57(13)14)96(132)116-83(58(15)16)97(133)115-81(56(11)12)95(131)113-78(45-64-48-101-70-35-27-24-32-67(64)70)93(129)109-74(41-54(7)8)90(126)112-77(44-63-47-100-69-34-26-23-31-66(63)69)92(128)108-72(39-52(3)4)88(124)110-75(42-61-28-20-19-21-29-61)91(127)107-73(40-53(5)6)89(125)111-76(86(122)98-36-37-117)43-62-46-99-68-33-25-22-30-65(62)68/h19-35,46-48,50-60,71-78,80-83,99-101,117H,36-45,49H2,1-18H3,(H,98,122)(H,102,130)(H,103,118)(H,104,119)(H,105,123)(H,106,120)(H,107,127)(H,108,128)(H,109,129)(H,110,124)(H,111,125)(H,112,126)(H,113,131)(H,114,121)(H,115,133)(H,116,132)/t59-,60-,71+,72+,73+,74+,75-,76-,77-,78-,80-,81+,82+,83-/m0/s1. The van der Waals surface area contributed by atoms with Crippen molar-refractivity contribution in [2.24, 2.45) is 47.3 Å². The Labute approximate surface area is 777 Å². The average molecular weight is 1840 g/mol. The minimum absolute atomic E-state index is 0.00772. The number of H-pyrrole nitrogens is 3. The average Bonchev–Trinajstić information content (AvgIpc) is 1.72. The van der Waals surface area contributed by atoms with Crippen LogP contribution in [-0.4, -0.2) is 219 Å². The van der Waals surface area contributed by atoms with E-state index in [0.717, 1.165) is 16.5 Å². The molecule has 16 amide bonds. The molecule has 20 N–H and O–H groups in total. The van der Waals surface area contributed by atoms with E-state index in [2.05, 4.69) is 100 Å². The second kappa shape index (κ2) is 51.7. The van der Waals surface area contributed by atoms with E-state index in [0.29, 0.717) is 44.9 Å². The van der Waals surface area contributed by atoms with Crippen molar-refractivity contribution in [2.75, 3.05) is 19.7 Å². The van der Waals surface area contributed by atoms with Crippen molar-refractivity contribution in [2.45, 2.75) is 261 Å². The van der Waals surface area contributed by atoms with Crippen LogP contribution in [0.3, 0.4) is 0 Å². The van der Waals surface area contributed by atoms with Crippen molar-refractivity contribution >= 4 is 128 Å². The van der Waals surface area contributed by atoms with E-state index in [1.54, 1.807) is 124 Å². The largest absolute Gasteiger partial charge is 0.395 e. The molecule has 0 spiro atoms. The molecule has 3 aromatic heterocycles. The zero-order valence-corrected chi connectivity index (χ0v) is 79.6. The summed E-state index contributed by atoms with van der Waals surface area (Å²) in [7, 11) is 0. The summed E-state index contributed by atoms with van der Waals surface area (Å²) < 4.78 is 0. The van der Waals surface area contributed by atoms with Gasteiger partial charge in [0.15, 0.2) is 0 Å². The van der Waals surface area contributed by atoms with Crippen molar-refractivity contribution in [3.63, 3.8) is 0 Å². The lowest BCUT2D eigenvalue weighted by atomic mass is 9.97. The van der Waals surface area contributed by atoms with Gasteiger partial charge in [0, 0.05) is 83.5 Å². The molecule has 36 heteroatoms. The molecule has 0 bridgehead atoms. The number of benzene rings is 4. The van der Waals surface area contributed by atoms with Crippen molar-refractivity contribution in [1.82, 2.24) is 100 Å². The highest BCUT2D eigenvalue weighted by Crippen LogP contribution is 2.25. The first kappa shape index (κ1) is 107. The van der Waals surface area contributed by atoms with Crippen LogP contribution >= 0.6 is 0 Å². The molecule has 0 unspecified atom stereocenters. The number of nitrogens with one attached hydrogen (secondary N) is 19. The maximum absolute atomic E-state index is 15.5. The van der Waals surface area contributed by atoms with Crippen molar-refractivity contribution in [1.29, 1.82) is 0 Å². The van der Waals surface area contributed by atoms with Crippen LogP contribution < -0.4 is 85.1 Å². The summed E-state index contributed by atoms with van der Waals surface area (Å²) in [6.45, 7) is 29.7. The fourth-order valence-electron chi connectivity index (χ4n) is 15.6. The van der Waals surface area contributed by atoms with Crippen LogP contribution in [0.5, 0.6) is 0 Å². The van der Waals surface area contributed by atoms with Gasteiger partial charge in [0.05, 0.1) is 13.2 Å². The van der Waals surface area contributed by atoms with E-state index in [1.807, 2.05) is 108 Å². The molecular formula is C97H139N19O17. The second-order valence-corrected chi connectivity index (χ2v) is 37.3. The fourth-order valence-corrected chi connectivity index (χ4v) is 15.6.